The maximum atomic E-state index is 13.1. The quantitative estimate of drug-likeness (QED) is 0.130. The number of aromatic nitrogens is 1. The fourth-order valence-electron chi connectivity index (χ4n) is 4.04. The van der Waals surface area contributed by atoms with Crippen LogP contribution in [0.15, 0.2) is 30.5 Å². The van der Waals surface area contributed by atoms with Gasteiger partial charge in [0.2, 0.25) is 23.6 Å². The van der Waals surface area contributed by atoms with Crippen molar-refractivity contribution in [3.63, 3.8) is 0 Å². The zero-order valence-corrected chi connectivity index (χ0v) is 22.3. The fraction of sp³-hybridized carbons (Fsp3) is 0.462. The zero-order valence-electron chi connectivity index (χ0n) is 22.3. The van der Waals surface area contributed by atoms with Crippen LogP contribution in [-0.2, 0) is 35.2 Å². The van der Waals surface area contributed by atoms with E-state index in [1.165, 1.54) is 0 Å². The van der Waals surface area contributed by atoms with Crippen molar-refractivity contribution < 1.29 is 39.0 Å². The summed E-state index contributed by atoms with van der Waals surface area (Å²) in [5.74, 6) is -6.27. The van der Waals surface area contributed by atoms with Gasteiger partial charge in [0.15, 0.2) is 0 Å². The summed E-state index contributed by atoms with van der Waals surface area (Å²) < 4.78 is 0. The molecule has 0 spiro atoms. The first-order chi connectivity index (χ1) is 18.8. The molecule has 0 bridgehead atoms. The van der Waals surface area contributed by atoms with Crippen molar-refractivity contribution in [3.05, 3.63) is 36.0 Å². The monoisotopic (exact) mass is 560 g/mol. The van der Waals surface area contributed by atoms with Crippen LogP contribution in [0.3, 0.4) is 0 Å². The van der Waals surface area contributed by atoms with E-state index in [9.17, 15) is 33.9 Å². The lowest BCUT2D eigenvalue weighted by Crippen LogP contribution is -2.57. The van der Waals surface area contributed by atoms with Crippen molar-refractivity contribution in [2.45, 2.75) is 70.1 Å². The SMILES string of the molecule is CC(C)C(NC(=O)C(CCC(N)=O)NC(=O)C(CCC(=O)O)NC(=O)C(N)Cc1c[nH]c2ccccc12)C(=O)O. The van der Waals surface area contributed by atoms with Crippen LogP contribution in [0, 0.1) is 5.92 Å². The molecule has 218 valence electrons. The van der Waals surface area contributed by atoms with E-state index in [0.717, 1.165) is 16.5 Å². The summed E-state index contributed by atoms with van der Waals surface area (Å²) in [6.45, 7) is 3.15. The molecule has 0 aliphatic carbocycles. The minimum atomic E-state index is -1.39. The van der Waals surface area contributed by atoms with Crippen LogP contribution in [-0.4, -0.2) is 74.9 Å². The van der Waals surface area contributed by atoms with Crippen molar-refractivity contribution in [1.82, 2.24) is 20.9 Å². The molecule has 4 unspecified atom stereocenters. The van der Waals surface area contributed by atoms with Gasteiger partial charge in [-0.25, -0.2) is 4.79 Å². The van der Waals surface area contributed by atoms with Gasteiger partial charge in [-0.1, -0.05) is 32.0 Å². The molecular formula is C26H36N6O8. The van der Waals surface area contributed by atoms with Crippen molar-refractivity contribution in [2.75, 3.05) is 0 Å². The van der Waals surface area contributed by atoms with Crippen LogP contribution in [0.5, 0.6) is 0 Å². The van der Waals surface area contributed by atoms with Gasteiger partial charge in [-0.15, -0.1) is 0 Å². The Kier molecular flexibility index (Phi) is 11.6. The molecule has 10 N–H and O–H groups in total. The fourth-order valence-corrected chi connectivity index (χ4v) is 4.04. The van der Waals surface area contributed by atoms with E-state index in [1.807, 2.05) is 24.3 Å². The van der Waals surface area contributed by atoms with E-state index in [0.29, 0.717) is 0 Å². The number of carboxylic acids is 2. The predicted octanol–water partition coefficient (Wildman–Crippen LogP) is -0.637. The van der Waals surface area contributed by atoms with E-state index in [1.54, 1.807) is 20.0 Å². The Balaban J connectivity index is 2.17. The number of carbonyl (C=O) groups is 6. The standard InChI is InChI=1S/C26H36N6O8/c1-13(2)22(26(39)40)32-25(38)18(7-9-20(28)33)31-24(37)19(8-10-21(34)35)30-23(36)16(27)11-14-12-29-17-6-4-3-5-15(14)17/h3-6,12-13,16,18-19,22,29H,7-11,27H2,1-2H3,(H2,28,33)(H,30,36)(H,31,37)(H,32,38)(H,34,35)(H,39,40). The molecule has 4 atom stereocenters. The highest BCUT2D eigenvalue weighted by Crippen LogP contribution is 2.19. The molecular weight excluding hydrogens is 524 g/mol. The molecule has 2 aromatic rings. The second kappa shape index (κ2) is 14.6. The molecule has 14 heteroatoms. The van der Waals surface area contributed by atoms with Crippen LogP contribution in [0.2, 0.25) is 0 Å². The lowest BCUT2D eigenvalue weighted by molar-refractivity contribution is -0.143. The third kappa shape index (κ3) is 9.38. The largest absolute Gasteiger partial charge is 0.481 e. The summed E-state index contributed by atoms with van der Waals surface area (Å²) in [7, 11) is 0. The van der Waals surface area contributed by atoms with Crippen molar-refractivity contribution in [3.8, 4) is 0 Å². The number of primary amides is 1. The number of para-hydroxylation sites is 1. The molecule has 0 aliphatic heterocycles. The van der Waals surface area contributed by atoms with Crippen molar-refractivity contribution in [1.29, 1.82) is 0 Å². The van der Waals surface area contributed by atoms with Crippen LogP contribution in [0.25, 0.3) is 10.9 Å². The van der Waals surface area contributed by atoms with Gasteiger partial charge in [0.05, 0.1) is 6.04 Å². The highest BCUT2D eigenvalue weighted by atomic mass is 16.4. The van der Waals surface area contributed by atoms with Gasteiger partial charge in [-0.3, -0.25) is 24.0 Å². The van der Waals surface area contributed by atoms with Gasteiger partial charge in [-0.05, 0) is 36.8 Å². The summed E-state index contributed by atoms with van der Waals surface area (Å²) in [5.41, 5.74) is 12.9. The number of fused-ring (bicyclic) bond motifs is 1. The van der Waals surface area contributed by atoms with E-state index in [-0.39, 0.29) is 25.7 Å². The lowest BCUT2D eigenvalue weighted by Gasteiger charge is -2.25. The molecule has 1 aromatic carbocycles. The van der Waals surface area contributed by atoms with Crippen LogP contribution < -0.4 is 27.4 Å². The Morgan fingerprint density at radius 1 is 0.875 bits per heavy atom. The molecule has 2 rings (SSSR count). The first-order valence-corrected chi connectivity index (χ1v) is 12.7. The number of amides is 4. The highest BCUT2D eigenvalue weighted by molar-refractivity contribution is 5.95. The molecule has 40 heavy (non-hydrogen) atoms. The highest BCUT2D eigenvalue weighted by Gasteiger charge is 2.31. The van der Waals surface area contributed by atoms with E-state index < -0.39 is 72.1 Å². The summed E-state index contributed by atoms with van der Waals surface area (Å²) >= 11 is 0. The molecule has 1 heterocycles. The second-order valence-electron chi connectivity index (χ2n) is 9.80. The summed E-state index contributed by atoms with van der Waals surface area (Å²) in [6, 6.07) is 2.28. The van der Waals surface area contributed by atoms with Gasteiger partial charge in [0.1, 0.15) is 18.1 Å². The van der Waals surface area contributed by atoms with Crippen LogP contribution in [0.4, 0.5) is 0 Å². The number of H-pyrrole nitrogens is 1. The molecule has 14 nitrogen and oxygen atoms in total. The average molecular weight is 561 g/mol. The first kappa shape index (κ1) is 31.8. The zero-order chi connectivity index (χ0) is 30.0. The number of nitrogens with one attached hydrogen (secondary N) is 4. The summed E-state index contributed by atoms with van der Waals surface area (Å²) in [4.78, 5) is 76.1. The van der Waals surface area contributed by atoms with Gasteiger partial charge >= 0.3 is 11.9 Å². The number of aromatic amines is 1. The van der Waals surface area contributed by atoms with Crippen molar-refractivity contribution in [2.24, 2.45) is 17.4 Å². The summed E-state index contributed by atoms with van der Waals surface area (Å²) in [6.07, 6.45) is 0.480. The second-order valence-corrected chi connectivity index (χ2v) is 9.80. The number of carbonyl (C=O) groups excluding carboxylic acids is 4. The Morgan fingerprint density at radius 3 is 2.02 bits per heavy atom. The van der Waals surface area contributed by atoms with Gasteiger partial charge in [-0.2, -0.15) is 0 Å². The molecule has 0 saturated carbocycles. The van der Waals surface area contributed by atoms with Gasteiger partial charge in [0, 0.05) is 29.9 Å². The van der Waals surface area contributed by atoms with Gasteiger partial charge < -0.3 is 42.6 Å². The smallest absolute Gasteiger partial charge is 0.326 e. The molecule has 4 amide bonds. The predicted molar refractivity (Wildman–Crippen MR) is 144 cm³/mol. The van der Waals surface area contributed by atoms with Crippen LogP contribution in [0.1, 0.15) is 45.1 Å². The number of benzene rings is 1. The third-order valence-corrected chi connectivity index (χ3v) is 6.27. The minimum Gasteiger partial charge on any atom is -0.481 e. The van der Waals surface area contributed by atoms with E-state index >= 15 is 0 Å². The minimum absolute atomic E-state index is 0.124. The molecule has 0 aliphatic rings. The number of nitrogens with two attached hydrogens (primary N) is 2. The topological polar surface area (TPSA) is 247 Å². The maximum Gasteiger partial charge on any atom is 0.326 e. The lowest BCUT2D eigenvalue weighted by atomic mass is 10.0. The Bertz CT molecular complexity index is 1240. The number of hydrogen-bond donors (Lipinski definition) is 8. The number of aliphatic carboxylic acids is 2. The molecule has 0 fully saturated rings. The first-order valence-electron chi connectivity index (χ1n) is 12.7. The average Bonchev–Trinajstić information content (AvgIpc) is 3.28. The van der Waals surface area contributed by atoms with Crippen molar-refractivity contribution >= 4 is 46.5 Å². The van der Waals surface area contributed by atoms with E-state index in [4.69, 9.17) is 16.6 Å². The van der Waals surface area contributed by atoms with Gasteiger partial charge in [0.25, 0.3) is 0 Å². The van der Waals surface area contributed by atoms with Crippen LogP contribution >= 0.6 is 0 Å². The number of rotatable bonds is 16. The molecule has 1 aromatic heterocycles. The molecule has 0 saturated heterocycles. The molecule has 0 radical (unpaired) electrons. The van der Waals surface area contributed by atoms with E-state index in [2.05, 4.69) is 20.9 Å². The Labute approximate surface area is 230 Å². The Hall–Kier alpha value is -4.46. The number of carboxylic acid groups (broad SMARTS) is 2. The third-order valence-electron chi connectivity index (χ3n) is 6.27. The normalized spacial score (nSPS) is 14.1. The Morgan fingerprint density at radius 2 is 1.45 bits per heavy atom. The number of hydrogen-bond acceptors (Lipinski definition) is 7. The maximum absolute atomic E-state index is 13.1. The summed E-state index contributed by atoms with van der Waals surface area (Å²) in [5, 5.41) is 26.6.